The molecule has 0 bridgehead atoms. The third kappa shape index (κ3) is 3.22. The maximum Gasteiger partial charge on any atom is 0.249 e. The lowest BCUT2D eigenvalue weighted by molar-refractivity contribution is 0.0992. The predicted octanol–water partition coefficient (Wildman–Crippen LogP) is 1.96. The van der Waals surface area contributed by atoms with Crippen molar-refractivity contribution in [2.75, 3.05) is 0 Å². The molecule has 0 aliphatic heterocycles. The highest BCUT2D eigenvalue weighted by atomic mass is 16.1. The minimum atomic E-state index is -0.745. The highest BCUT2D eigenvalue weighted by Gasteiger charge is 2.19. The molecule has 2 amide bonds. The fourth-order valence-corrected chi connectivity index (χ4v) is 2.45. The molecule has 24 heavy (non-hydrogen) atoms. The van der Waals surface area contributed by atoms with Crippen LogP contribution in [0, 0.1) is 0 Å². The van der Waals surface area contributed by atoms with E-state index in [1.165, 1.54) is 50.2 Å². The fraction of sp³-hybridized carbons (Fsp3) is 0.111. The topological polar surface area (TPSA) is 120 Å². The summed E-state index contributed by atoms with van der Waals surface area (Å²) < 4.78 is 0. The van der Waals surface area contributed by atoms with Crippen molar-refractivity contribution in [3.8, 4) is 11.1 Å². The Labute approximate surface area is 138 Å². The number of ketones is 2. The maximum absolute atomic E-state index is 11.7. The molecular weight excluding hydrogens is 308 g/mol. The number of carbonyl (C=O) groups is 4. The van der Waals surface area contributed by atoms with Crippen LogP contribution in [0.3, 0.4) is 0 Å². The van der Waals surface area contributed by atoms with Gasteiger partial charge in [-0.2, -0.15) is 0 Å². The van der Waals surface area contributed by atoms with Gasteiger partial charge < -0.3 is 11.5 Å². The van der Waals surface area contributed by atoms with Crippen LogP contribution in [0.15, 0.2) is 36.4 Å². The molecule has 2 rings (SSSR count). The number of rotatable bonds is 5. The summed E-state index contributed by atoms with van der Waals surface area (Å²) in [5, 5.41) is 0. The summed E-state index contributed by atoms with van der Waals surface area (Å²) >= 11 is 0. The molecule has 2 aromatic rings. The van der Waals surface area contributed by atoms with Crippen molar-refractivity contribution in [2.45, 2.75) is 13.8 Å². The first-order chi connectivity index (χ1) is 11.2. The molecule has 0 heterocycles. The average molecular weight is 324 g/mol. The van der Waals surface area contributed by atoms with Gasteiger partial charge in [0.05, 0.1) is 0 Å². The molecule has 0 aromatic heterocycles. The van der Waals surface area contributed by atoms with Crippen LogP contribution >= 0.6 is 0 Å². The zero-order valence-electron chi connectivity index (χ0n) is 13.3. The second-order valence-corrected chi connectivity index (χ2v) is 5.37. The normalized spacial score (nSPS) is 10.2. The Bertz CT molecular complexity index is 820. The highest BCUT2D eigenvalue weighted by Crippen LogP contribution is 2.30. The lowest BCUT2D eigenvalue weighted by Crippen LogP contribution is -2.18. The van der Waals surface area contributed by atoms with Crippen LogP contribution < -0.4 is 11.5 Å². The third-order valence-corrected chi connectivity index (χ3v) is 3.63. The van der Waals surface area contributed by atoms with E-state index in [0.29, 0.717) is 5.56 Å². The summed E-state index contributed by atoms with van der Waals surface area (Å²) in [5.41, 5.74) is 12.1. The molecule has 0 saturated heterocycles. The Morgan fingerprint density at radius 2 is 1.17 bits per heavy atom. The molecule has 6 heteroatoms. The van der Waals surface area contributed by atoms with Gasteiger partial charge in [0.2, 0.25) is 11.8 Å². The van der Waals surface area contributed by atoms with Gasteiger partial charge in [-0.25, -0.2) is 0 Å². The summed E-state index contributed by atoms with van der Waals surface area (Å²) in [7, 11) is 0. The molecule has 4 N–H and O–H groups in total. The maximum atomic E-state index is 11.7. The monoisotopic (exact) mass is 324 g/mol. The van der Waals surface area contributed by atoms with E-state index >= 15 is 0 Å². The molecule has 0 radical (unpaired) electrons. The van der Waals surface area contributed by atoms with Gasteiger partial charge >= 0.3 is 0 Å². The number of primary amides is 2. The van der Waals surface area contributed by atoms with Gasteiger partial charge in [0.1, 0.15) is 0 Å². The molecule has 0 aliphatic carbocycles. The number of amides is 2. The Morgan fingerprint density at radius 3 is 1.50 bits per heavy atom. The Hall–Kier alpha value is -3.28. The molecule has 122 valence electrons. The Morgan fingerprint density at radius 1 is 0.750 bits per heavy atom. The van der Waals surface area contributed by atoms with Crippen LogP contribution in [0.4, 0.5) is 0 Å². The third-order valence-electron chi connectivity index (χ3n) is 3.63. The number of Topliss-reactive ketones (excluding diaryl/α,β-unsaturated/α-hetero) is 2. The summed E-state index contributed by atoms with van der Waals surface area (Å²) in [4.78, 5) is 47.0. The molecule has 0 aliphatic rings. The predicted molar refractivity (Wildman–Crippen MR) is 88.9 cm³/mol. The first kappa shape index (κ1) is 17.1. The highest BCUT2D eigenvalue weighted by molar-refractivity contribution is 6.10. The van der Waals surface area contributed by atoms with Crippen LogP contribution in [0.25, 0.3) is 11.1 Å². The molecule has 0 saturated carbocycles. The minimum absolute atomic E-state index is 0.0847. The number of hydrogen-bond acceptors (Lipinski definition) is 4. The van der Waals surface area contributed by atoms with Gasteiger partial charge in [-0.05, 0) is 49.7 Å². The van der Waals surface area contributed by atoms with Gasteiger partial charge in [-0.15, -0.1) is 0 Å². The van der Waals surface area contributed by atoms with Gasteiger partial charge in [0.25, 0.3) is 0 Å². The van der Waals surface area contributed by atoms with Crippen molar-refractivity contribution in [1.82, 2.24) is 0 Å². The first-order valence-electron chi connectivity index (χ1n) is 7.12. The van der Waals surface area contributed by atoms with E-state index in [-0.39, 0.29) is 39.4 Å². The van der Waals surface area contributed by atoms with Crippen molar-refractivity contribution in [3.63, 3.8) is 0 Å². The molecule has 0 fully saturated rings. The van der Waals surface area contributed by atoms with Gasteiger partial charge in [0.15, 0.2) is 11.6 Å². The Kier molecular flexibility index (Phi) is 4.59. The fourth-order valence-electron chi connectivity index (χ4n) is 2.45. The molecule has 0 spiro atoms. The standard InChI is InChI=1S/C18H16N2O4/c1-9(21)11-6-12(10(2)22)8-13(7-11)16-14(17(19)23)4-3-5-15(16)18(20)24/h3-8H,1-2H3,(H2,19,23)(H2,20,24). The van der Waals surface area contributed by atoms with Crippen molar-refractivity contribution < 1.29 is 19.2 Å². The number of hydrogen-bond donors (Lipinski definition) is 2. The van der Waals surface area contributed by atoms with E-state index in [0.717, 1.165) is 0 Å². The Balaban J connectivity index is 2.89. The van der Waals surface area contributed by atoms with Crippen LogP contribution in [0.5, 0.6) is 0 Å². The first-order valence-corrected chi connectivity index (χ1v) is 7.12. The largest absolute Gasteiger partial charge is 0.366 e. The summed E-state index contributed by atoms with van der Waals surface area (Å²) in [6, 6.07) is 8.87. The SMILES string of the molecule is CC(=O)c1cc(C(C)=O)cc(-c2c(C(N)=O)cccc2C(N)=O)c1. The molecule has 2 aromatic carbocycles. The number of nitrogens with two attached hydrogens (primary N) is 2. The lowest BCUT2D eigenvalue weighted by atomic mass is 9.90. The molecule has 0 atom stereocenters. The minimum Gasteiger partial charge on any atom is -0.366 e. The van der Waals surface area contributed by atoms with Gasteiger partial charge in [-0.1, -0.05) is 6.07 Å². The molecular formula is C18H16N2O4. The van der Waals surface area contributed by atoms with E-state index in [9.17, 15) is 19.2 Å². The quantitative estimate of drug-likeness (QED) is 0.816. The van der Waals surface area contributed by atoms with Crippen molar-refractivity contribution in [2.24, 2.45) is 11.5 Å². The number of carbonyl (C=O) groups excluding carboxylic acids is 4. The van der Waals surface area contributed by atoms with Crippen LogP contribution in [0.2, 0.25) is 0 Å². The van der Waals surface area contributed by atoms with E-state index in [4.69, 9.17) is 11.5 Å². The van der Waals surface area contributed by atoms with Crippen LogP contribution in [0.1, 0.15) is 55.3 Å². The van der Waals surface area contributed by atoms with Crippen molar-refractivity contribution in [1.29, 1.82) is 0 Å². The van der Waals surface area contributed by atoms with E-state index in [1.54, 1.807) is 0 Å². The summed E-state index contributed by atoms with van der Waals surface area (Å²) in [6.07, 6.45) is 0. The lowest BCUT2D eigenvalue weighted by Gasteiger charge is -2.13. The van der Waals surface area contributed by atoms with Gasteiger partial charge in [0, 0.05) is 27.8 Å². The molecule has 6 nitrogen and oxygen atoms in total. The average Bonchev–Trinajstić information content (AvgIpc) is 2.53. The second-order valence-electron chi connectivity index (χ2n) is 5.37. The number of benzene rings is 2. The summed E-state index contributed by atoms with van der Waals surface area (Å²) in [6.45, 7) is 2.72. The smallest absolute Gasteiger partial charge is 0.249 e. The van der Waals surface area contributed by atoms with Crippen molar-refractivity contribution in [3.05, 3.63) is 58.7 Å². The summed E-state index contributed by atoms with van der Waals surface area (Å²) in [5.74, 6) is -2.00. The second kappa shape index (κ2) is 6.45. The van der Waals surface area contributed by atoms with E-state index in [1.807, 2.05) is 0 Å². The van der Waals surface area contributed by atoms with E-state index < -0.39 is 11.8 Å². The van der Waals surface area contributed by atoms with E-state index in [2.05, 4.69) is 0 Å². The molecule has 0 unspecified atom stereocenters. The van der Waals surface area contributed by atoms with Gasteiger partial charge in [-0.3, -0.25) is 19.2 Å². The van der Waals surface area contributed by atoms with Crippen LogP contribution in [-0.4, -0.2) is 23.4 Å². The zero-order valence-corrected chi connectivity index (χ0v) is 13.3. The van der Waals surface area contributed by atoms with Crippen LogP contribution in [-0.2, 0) is 0 Å². The van der Waals surface area contributed by atoms with Crippen molar-refractivity contribution >= 4 is 23.4 Å². The zero-order chi connectivity index (χ0) is 18.0.